The third kappa shape index (κ3) is 4.25. The lowest BCUT2D eigenvalue weighted by molar-refractivity contribution is 0.0946. The molecule has 0 aliphatic heterocycles. The van der Waals surface area contributed by atoms with Crippen LogP contribution in [0.3, 0.4) is 0 Å². The molecule has 2 N–H and O–H groups in total. The molecule has 1 amide bonds. The molecule has 26 heavy (non-hydrogen) atoms. The van der Waals surface area contributed by atoms with Crippen LogP contribution in [-0.2, 0) is 6.54 Å². The first-order valence-electron chi connectivity index (χ1n) is 8.21. The topological polar surface area (TPSA) is 77.8 Å². The van der Waals surface area contributed by atoms with E-state index >= 15 is 0 Å². The van der Waals surface area contributed by atoms with E-state index in [1.807, 2.05) is 43.3 Å². The summed E-state index contributed by atoms with van der Waals surface area (Å²) in [5.74, 6) is -0.210. The molecule has 5 heteroatoms. The molecule has 0 aliphatic carbocycles. The molecular weight excluding hydrogens is 324 g/mol. The minimum absolute atomic E-state index is 0.210. The Morgan fingerprint density at radius 2 is 1.77 bits per heavy atom. The number of rotatable bonds is 5. The highest BCUT2D eigenvalue weighted by Gasteiger charge is 2.07. The second kappa shape index (κ2) is 7.95. The van der Waals surface area contributed by atoms with Crippen molar-refractivity contribution >= 4 is 17.3 Å². The Kier molecular flexibility index (Phi) is 5.25. The Hall–Kier alpha value is -3.65. The number of nitrogens with zero attached hydrogens (tertiary/aromatic N) is 2. The molecule has 1 aromatic heterocycles. The highest BCUT2D eigenvalue weighted by Crippen LogP contribution is 2.16. The monoisotopic (exact) mass is 342 g/mol. The Bertz CT molecular complexity index is 941. The highest BCUT2D eigenvalue weighted by molar-refractivity contribution is 5.92. The van der Waals surface area contributed by atoms with E-state index in [9.17, 15) is 4.79 Å². The van der Waals surface area contributed by atoms with Crippen LogP contribution in [0.4, 0.5) is 11.4 Å². The van der Waals surface area contributed by atoms with E-state index in [4.69, 9.17) is 5.26 Å². The first-order chi connectivity index (χ1) is 12.7. The van der Waals surface area contributed by atoms with Gasteiger partial charge in [0, 0.05) is 12.2 Å². The molecule has 128 valence electrons. The van der Waals surface area contributed by atoms with E-state index in [0.717, 1.165) is 22.5 Å². The maximum atomic E-state index is 12.2. The lowest BCUT2D eigenvalue weighted by Crippen LogP contribution is -2.24. The van der Waals surface area contributed by atoms with Crippen LogP contribution in [0, 0.1) is 18.3 Å². The first-order valence-corrected chi connectivity index (χ1v) is 8.21. The van der Waals surface area contributed by atoms with Gasteiger partial charge in [-0.1, -0.05) is 24.3 Å². The van der Waals surface area contributed by atoms with Crippen LogP contribution in [0.15, 0.2) is 66.9 Å². The molecule has 1 heterocycles. The molecule has 0 radical (unpaired) electrons. The minimum atomic E-state index is -0.210. The highest BCUT2D eigenvalue weighted by atomic mass is 16.1. The van der Waals surface area contributed by atoms with E-state index in [2.05, 4.69) is 21.7 Å². The molecule has 2 aromatic carbocycles. The van der Waals surface area contributed by atoms with Crippen molar-refractivity contribution in [1.29, 1.82) is 5.26 Å². The number of pyridine rings is 1. The molecule has 0 atom stereocenters. The van der Waals surface area contributed by atoms with Crippen molar-refractivity contribution < 1.29 is 4.79 Å². The lowest BCUT2D eigenvalue weighted by atomic mass is 10.1. The van der Waals surface area contributed by atoms with Gasteiger partial charge in [0.15, 0.2) is 0 Å². The molecule has 0 saturated carbocycles. The van der Waals surface area contributed by atoms with Gasteiger partial charge in [0.05, 0.1) is 23.5 Å². The van der Waals surface area contributed by atoms with E-state index in [0.29, 0.717) is 17.8 Å². The zero-order valence-electron chi connectivity index (χ0n) is 14.4. The Morgan fingerprint density at radius 1 is 1.04 bits per heavy atom. The summed E-state index contributed by atoms with van der Waals surface area (Å²) in [4.78, 5) is 16.5. The summed E-state index contributed by atoms with van der Waals surface area (Å²) in [6.45, 7) is 2.49. The number of aryl methyl sites for hydroxylation is 1. The number of hydrogen-bond donors (Lipinski definition) is 2. The van der Waals surface area contributed by atoms with Crippen molar-refractivity contribution in [3.05, 3.63) is 89.2 Å². The molecule has 0 bridgehead atoms. The van der Waals surface area contributed by atoms with Crippen molar-refractivity contribution in [2.24, 2.45) is 0 Å². The third-order valence-electron chi connectivity index (χ3n) is 4.00. The largest absolute Gasteiger partial charge is 0.354 e. The zero-order valence-corrected chi connectivity index (χ0v) is 14.4. The lowest BCUT2D eigenvalue weighted by Gasteiger charge is -2.09. The standard InChI is InChI=1S/C21H18N4O/c1-15-4-2-3-5-17(15)13-24-21(26)20-11-10-19(14-23-20)25-18-8-6-16(12-22)7-9-18/h2-11,14,25H,13H2,1H3,(H,24,26). The molecule has 0 unspecified atom stereocenters. The molecule has 0 aliphatic rings. The number of benzene rings is 2. The van der Waals surface area contributed by atoms with Gasteiger partial charge >= 0.3 is 0 Å². The Balaban J connectivity index is 1.60. The van der Waals surface area contributed by atoms with Gasteiger partial charge in [-0.25, -0.2) is 4.98 Å². The molecule has 0 saturated heterocycles. The zero-order chi connectivity index (χ0) is 18.4. The minimum Gasteiger partial charge on any atom is -0.354 e. The van der Waals surface area contributed by atoms with Crippen molar-refractivity contribution in [3.63, 3.8) is 0 Å². The Labute approximate surface area is 152 Å². The predicted octanol–water partition coefficient (Wildman–Crippen LogP) is 3.94. The number of anilines is 2. The summed E-state index contributed by atoms with van der Waals surface area (Å²) in [6.07, 6.45) is 1.61. The fourth-order valence-electron chi connectivity index (χ4n) is 2.47. The number of carbonyl (C=O) groups excluding carboxylic acids is 1. The normalized spacial score (nSPS) is 10.0. The first kappa shape index (κ1) is 17.2. The number of carbonyl (C=O) groups is 1. The summed E-state index contributed by atoms with van der Waals surface area (Å²) in [7, 11) is 0. The van der Waals surface area contributed by atoms with Gasteiger partial charge in [-0.2, -0.15) is 5.26 Å². The predicted molar refractivity (Wildman–Crippen MR) is 101 cm³/mol. The van der Waals surface area contributed by atoms with Crippen LogP contribution in [-0.4, -0.2) is 10.9 Å². The quantitative estimate of drug-likeness (QED) is 0.736. The average molecular weight is 342 g/mol. The van der Waals surface area contributed by atoms with Gasteiger partial charge in [-0.05, 0) is 54.4 Å². The van der Waals surface area contributed by atoms with E-state index in [-0.39, 0.29) is 5.91 Å². The molecule has 0 fully saturated rings. The fraction of sp³-hybridized carbons (Fsp3) is 0.0952. The van der Waals surface area contributed by atoms with E-state index < -0.39 is 0 Å². The molecule has 0 spiro atoms. The Morgan fingerprint density at radius 3 is 2.42 bits per heavy atom. The molecular formula is C21H18N4O. The SMILES string of the molecule is Cc1ccccc1CNC(=O)c1ccc(Nc2ccc(C#N)cc2)cn1. The molecule has 3 rings (SSSR count). The third-order valence-corrected chi connectivity index (χ3v) is 4.00. The summed E-state index contributed by atoms with van der Waals surface area (Å²) in [5.41, 5.74) is 4.81. The van der Waals surface area contributed by atoms with Gasteiger partial charge in [0.1, 0.15) is 5.69 Å². The molecule has 3 aromatic rings. The summed E-state index contributed by atoms with van der Waals surface area (Å²) < 4.78 is 0. The van der Waals surface area contributed by atoms with Crippen LogP contribution < -0.4 is 10.6 Å². The average Bonchev–Trinajstić information content (AvgIpc) is 2.68. The van der Waals surface area contributed by atoms with Gasteiger partial charge in [-0.15, -0.1) is 0 Å². The van der Waals surface area contributed by atoms with Crippen LogP contribution in [0.25, 0.3) is 0 Å². The smallest absolute Gasteiger partial charge is 0.270 e. The number of amides is 1. The van der Waals surface area contributed by atoms with Crippen LogP contribution in [0.5, 0.6) is 0 Å². The number of nitrogens with one attached hydrogen (secondary N) is 2. The second-order valence-corrected chi connectivity index (χ2v) is 5.86. The van der Waals surface area contributed by atoms with Gasteiger partial charge in [-0.3, -0.25) is 4.79 Å². The summed E-state index contributed by atoms with van der Waals surface area (Å²) >= 11 is 0. The number of hydrogen-bond acceptors (Lipinski definition) is 4. The summed E-state index contributed by atoms with van der Waals surface area (Å²) in [6, 6.07) is 20.6. The van der Waals surface area contributed by atoms with Gasteiger partial charge < -0.3 is 10.6 Å². The summed E-state index contributed by atoms with van der Waals surface area (Å²) in [5, 5.41) is 14.9. The van der Waals surface area contributed by atoms with Gasteiger partial charge in [0.25, 0.3) is 5.91 Å². The molecule has 5 nitrogen and oxygen atoms in total. The maximum Gasteiger partial charge on any atom is 0.270 e. The van der Waals surface area contributed by atoms with Crippen molar-refractivity contribution in [3.8, 4) is 6.07 Å². The second-order valence-electron chi connectivity index (χ2n) is 5.86. The van der Waals surface area contributed by atoms with E-state index in [1.54, 1.807) is 30.5 Å². The van der Waals surface area contributed by atoms with E-state index in [1.165, 1.54) is 0 Å². The van der Waals surface area contributed by atoms with Crippen molar-refractivity contribution in [2.45, 2.75) is 13.5 Å². The van der Waals surface area contributed by atoms with Crippen LogP contribution in [0.1, 0.15) is 27.2 Å². The van der Waals surface area contributed by atoms with Gasteiger partial charge in [0.2, 0.25) is 0 Å². The van der Waals surface area contributed by atoms with Crippen molar-refractivity contribution in [1.82, 2.24) is 10.3 Å². The maximum absolute atomic E-state index is 12.2. The van der Waals surface area contributed by atoms with Crippen LogP contribution in [0.2, 0.25) is 0 Å². The van der Waals surface area contributed by atoms with Crippen molar-refractivity contribution in [2.75, 3.05) is 5.32 Å². The fourth-order valence-corrected chi connectivity index (χ4v) is 2.47. The van der Waals surface area contributed by atoms with Crippen LogP contribution >= 0.6 is 0 Å². The number of aromatic nitrogens is 1. The number of nitriles is 1.